The number of hydrogen-bond donors (Lipinski definition) is 1. The van der Waals surface area contributed by atoms with E-state index in [0.29, 0.717) is 0 Å². The van der Waals surface area contributed by atoms with Crippen LogP contribution < -0.4 is 5.32 Å². The first-order chi connectivity index (χ1) is 11.8. The number of halogens is 1. The SMILES string of the molecule is CN=C(NCC1CCCCO1)N1CCN(C(=O)C2CCCO2)CC1.I. The molecule has 3 heterocycles. The summed E-state index contributed by atoms with van der Waals surface area (Å²) in [6.45, 7) is 5.48. The Morgan fingerprint density at radius 1 is 1.04 bits per heavy atom. The molecule has 144 valence electrons. The van der Waals surface area contributed by atoms with Gasteiger partial charge in [0.1, 0.15) is 6.10 Å². The predicted molar refractivity (Wildman–Crippen MR) is 107 cm³/mol. The van der Waals surface area contributed by atoms with Gasteiger partial charge in [-0.3, -0.25) is 9.79 Å². The summed E-state index contributed by atoms with van der Waals surface area (Å²) in [5.41, 5.74) is 0. The number of hydrogen-bond acceptors (Lipinski definition) is 4. The molecule has 7 nitrogen and oxygen atoms in total. The molecule has 3 aliphatic heterocycles. The van der Waals surface area contributed by atoms with E-state index in [0.717, 1.165) is 71.2 Å². The number of nitrogens with one attached hydrogen (secondary N) is 1. The van der Waals surface area contributed by atoms with Crippen LogP contribution in [0.25, 0.3) is 0 Å². The molecule has 0 radical (unpaired) electrons. The van der Waals surface area contributed by atoms with Gasteiger partial charge in [-0.2, -0.15) is 0 Å². The minimum Gasteiger partial charge on any atom is -0.376 e. The zero-order chi connectivity index (χ0) is 16.8. The van der Waals surface area contributed by atoms with Crippen molar-refractivity contribution in [2.75, 3.05) is 53.0 Å². The molecule has 0 aromatic heterocycles. The standard InChI is InChI=1S/C17H30N4O3.HI/c1-18-17(19-13-14-5-2-3-11-23-14)21-9-7-20(8-10-21)16(22)15-6-4-12-24-15;/h14-15H,2-13H2,1H3,(H,18,19);1H. The summed E-state index contributed by atoms with van der Waals surface area (Å²) in [6.07, 6.45) is 5.48. The zero-order valence-electron chi connectivity index (χ0n) is 15.1. The monoisotopic (exact) mass is 466 g/mol. The van der Waals surface area contributed by atoms with Gasteiger partial charge in [0.05, 0.1) is 6.10 Å². The fourth-order valence-electron chi connectivity index (χ4n) is 3.62. The van der Waals surface area contributed by atoms with Gasteiger partial charge in [-0.1, -0.05) is 0 Å². The average Bonchev–Trinajstić information content (AvgIpc) is 3.18. The molecule has 2 unspecified atom stereocenters. The number of carbonyl (C=O) groups excluding carboxylic acids is 1. The lowest BCUT2D eigenvalue weighted by Crippen LogP contribution is -2.56. The number of guanidine groups is 1. The number of amides is 1. The van der Waals surface area contributed by atoms with Crippen molar-refractivity contribution >= 4 is 35.8 Å². The molecule has 0 spiro atoms. The molecule has 0 aliphatic carbocycles. The Bertz CT molecular complexity index is 443. The molecular formula is C17H31IN4O3. The molecule has 1 N–H and O–H groups in total. The molecule has 25 heavy (non-hydrogen) atoms. The predicted octanol–water partition coefficient (Wildman–Crippen LogP) is 1.07. The van der Waals surface area contributed by atoms with E-state index in [1.165, 1.54) is 12.8 Å². The summed E-state index contributed by atoms with van der Waals surface area (Å²) in [6, 6.07) is 0. The molecule has 0 bridgehead atoms. The Morgan fingerprint density at radius 3 is 2.36 bits per heavy atom. The van der Waals surface area contributed by atoms with Crippen molar-refractivity contribution in [2.45, 2.75) is 44.3 Å². The van der Waals surface area contributed by atoms with E-state index in [-0.39, 0.29) is 42.1 Å². The third kappa shape index (κ3) is 5.68. The van der Waals surface area contributed by atoms with Crippen molar-refractivity contribution in [1.29, 1.82) is 0 Å². The lowest BCUT2D eigenvalue weighted by atomic mass is 10.1. The normalized spacial score (nSPS) is 27.8. The molecule has 1 amide bonds. The highest BCUT2D eigenvalue weighted by atomic mass is 127. The van der Waals surface area contributed by atoms with E-state index in [4.69, 9.17) is 9.47 Å². The number of ether oxygens (including phenoxy) is 2. The molecule has 0 aromatic carbocycles. The van der Waals surface area contributed by atoms with Crippen LogP contribution in [0.4, 0.5) is 0 Å². The minimum absolute atomic E-state index is 0. The Kier molecular flexibility index (Phi) is 8.71. The second-order valence-electron chi connectivity index (χ2n) is 6.73. The Morgan fingerprint density at radius 2 is 1.76 bits per heavy atom. The lowest BCUT2D eigenvalue weighted by molar-refractivity contribution is -0.142. The maximum Gasteiger partial charge on any atom is 0.251 e. The number of piperazine rings is 1. The molecule has 0 saturated carbocycles. The first kappa shape index (κ1) is 20.7. The van der Waals surface area contributed by atoms with Crippen LogP contribution in [0, 0.1) is 0 Å². The third-order valence-electron chi connectivity index (χ3n) is 5.07. The van der Waals surface area contributed by atoms with Gasteiger partial charge in [0, 0.05) is 53.0 Å². The smallest absolute Gasteiger partial charge is 0.251 e. The van der Waals surface area contributed by atoms with E-state index in [1.807, 2.05) is 11.9 Å². The highest BCUT2D eigenvalue weighted by Crippen LogP contribution is 2.16. The quantitative estimate of drug-likeness (QED) is 0.383. The number of aliphatic imine (C=N–C) groups is 1. The molecule has 8 heteroatoms. The summed E-state index contributed by atoms with van der Waals surface area (Å²) in [5, 5.41) is 3.43. The fraction of sp³-hybridized carbons (Fsp3) is 0.882. The number of nitrogens with zero attached hydrogens (tertiary/aromatic N) is 3. The van der Waals surface area contributed by atoms with Gasteiger partial charge in [0.2, 0.25) is 0 Å². The van der Waals surface area contributed by atoms with Crippen molar-refractivity contribution < 1.29 is 14.3 Å². The van der Waals surface area contributed by atoms with Crippen molar-refractivity contribution in [3.05, 3.63) is 0 Å². The van der Waals surface area contributed by atoms with Gasteiger partial charge < -0.3 is 24.6 Å². The van der Waals surface area contributed by atoms with Gasteiger partial charge in [-0.15, -0.1) is 24.0 Å². The largest absolute Gasteiger partial charge is 0.376 e. The third-order valence-corrected chi connectivity index (χ3v) is 5.07. The van der Waals surface area contributed by atoms with Crippen molar-refractivity contribution in [3.63, 3.8) is 0 Å². The zero-order valence-corrected chi connectivity index (χ0v) is 17.4. The highest BCUT2D eigenvalue weighted by molar-refractivity contribution is 14.0. The minimum atomic E-state index is -0.211. The van der Waals surface area contributed by atoms with E-state index in [9.17, 15) is 4.79 Å². The van der Waals surface area contributed by atoms with Gasteiger partial charge in [-0.25, -0.2) is 0 Å². The molecule has 3 saturated heterocycles. The maximum absolute atomic E-state index is 12.4. The van der Waals surface area contributed by atoms with Crippen LogP contribution in [-0.4, -0.2) is 86.9 Å². The molecular weight excluding hydrogens is 435 g/mol. The van der Waals surface area contributed by atoms with Gasteiger partial charge >= 0.3 is 0 Å². The molecule has 3 rings (SSSR count). The molecule has 0 aromatic rings. The van der Waals surface area contributed by atoms with E-state index < -0.39 is 0 Å². The summed E-state index contributed by atoms with van der Waals surface area (Å²) in [5.74, 6) is 1.07. The first-order valence-electron chi connectivity index (χ1n) is 9.25. The highest BCUT2D eigenvalue weighted by Gasteiger charge is 2.31. The second kappa shape index (κ2) is 10.5. The summed E-state index contributed by atoms with van der Waals surface area (Å²) >= 11 is 0. The van der Waals surface area contributed by atoms with Crippen LogP contribution >= 0.6 is 24.0 Å². The average molecular weight is 466 g/mol. The van der Waals surface area contributed by atoms with Crippen molar-refractivity contribution in [1.82, 2.24) is 15.1 Å². The van der Waals surface area contributed by atoms with Crippen LogP contribution in [-0.2, 0) is 14.3 Å². The Labute approximate surface area is 167 Å². The van der Waals surface area contributed by atoms with Crippen LogP contribution in [0.3, 0.4) is 0 Å². The van der Waals surface area contributed by atoms with E-state index in [2.05, 4.69) is 15.2 Å². The van der Waals surface area contributed by atoms with Crippen molar-refractivity contribution in [3.8, 4) is 0 Å². The molecule has 3 fully saturated rings. The fourth-order valence-corrected chi connectivity index (χ4v) is 3.62. The van der Waals surface area contributed by atoms with Gasteiger partial charge in [0.25, 0.3) is 5.91 Å². The van der Waals surface area contributed by atoms with Crippen LogP contribution in [0.5, 0.6) is 0 Å². The summed E-state index contributed by atoms with van der Waals surface area (Å²) in [4.78, 5) is 20.9. The van der Waals surface area contributed by atoms with Crippen LogP contribution in [0.2, 0.25) is 0 Å². The summed E-state index contributed by atoms with van der Waals surface area (Å²) < 4.78 is 11.3. The van der Waals surface area contributed by atoms with Gasteiger partial charge in [0.15, 0.2) is 5.96 Å². The lowest BCUT2D eigenvalue weighted by Gasteiger charge is -2.37. The van der Waals surface area contributed by atoms with Gasteiger partial charge in [-0.05, 0) is 32.1 Å². The topological polar surface area (TPSA) is 66.4 Å². The van der Waals surface area contributed by atoms with Crippen molar-refractivity contribution in [2.24, 2.45) is 4.99 Å². The molecule has 3 aliphatic rings. The first-order valence-corrected chi connectivity index (χ1v) is 9.25. The Hall–Kier alpha value is -0.610. The maximum atomic E-state index is 12.4. The Balaban J connectivity index is 0.00000225. The van der Waals surface area contributed by atoms with Crippen LogP contribution in [0.15, 0.2) is 4.99 Å². The second-order valence-corrected chi connectivity index (χ2v) is 6.73. The number of rotatable bonds is 3. The van der Waals surface area contributed by atoms with E-state index in [1.54, 1.807) is 0 Å². The summed E-state index contributed by atoms with van der Waals surface area (Å²) in [7, 11) is 1.81. The molecule has 2 atom stereocenters. The van der Waals surface area contributed by atoms with E-state index >= 15 is 0 Å². The number of carbonyl (C=O) groups is 1. The van der Waals surface area contributed by atoms with Crippen LogP contribution in [0.1, 0.15) is 32.1 Å².